The van der Waals surface area contributed by atoms with E-state index in [1.54, 1.807) is 42.5 Å². The van der Waals surface area contributed by atoms with E-state index < -0.39 is 11.6 Å². The van der Waals surface area contributed by atoms with Gasteiger partial charge >= 0.3 is 5.97 Å². The predicted molar refractivity (Wildman–Crippen MR) is 162 cm³/mol. The minimum atomic E-state index is -0.652. The van der Waals surface area contributed by atoms with E-state index in [4.69, 9.17) is 27.9 Å². The Hall–Kier alpha value is -3.70. The maximum Gasteiger partial charge on any atom is 0.327 e. The number of anilines is 1. The highest BCUT2D eigenvalue weighted by Crippen LogP contribution is 2.37. The number of fused-ring (bicyclic) bond motifs is 1. The van der Waals surface area contributed by atoms with Crippen molar-refractivity contribution in [3.63, 3.8) is 0 Å². The van der Waals surface area contributed by atoms with Crippen molar-refractivity contribution in [3.8, 4) is 6.07 Å². The van der Waals surface area contributed by atoms with Gasteiger partial charge in [0.1, 0.15) is 12.1 Å². The summed E-state index contributed by atoms with van der Waals surface area (Å²) in [5.41, 5.74) is 1.79. The van der Waals surface area contributed by atoms with E-state index in [1.807, 2.05) is 61.5 Å². The molecule has 0 aliphatic carbocycles. The van der Waals surface area contributed by atoms with Crippen molar-refractivity contribution in [2.24, 2.45) is 0 Å². The third kappa shape index (κ3) is 7.48. The number of halogens is 2. The number of nitrogens with zero attached hydrogens (tertiary/aromatic N) is 2. The molecule has 0 radical (unpaired) electrons. The van der Waals surface area contributed by atoms with Crippen molar-refractivity contribution in [1.82, 2.24) is 5.32 Å². The van der Waals surface area contributed by atoms with Gasteiger partial charge in [-0.2, -0.15) is 5.26 Å². The van der Waals surface area contributed by atoms with Gasteiger partial charge in [-0.15, -0.1) is 0 Å². The average Bonchev–Trinajstić information content (AvgIpc) is 2.89. The summed E-state index contributed by atoms with van der Waals surface area (Å²) < 4.78 is 7.42. The fourth-order valence-electron chi connectivity index (χ4n) is 4.13. The van der Waals surface area contributed by atoms with Gasteiger partial charge in [-0.25, -0.2) is 0 Å². The van der Waals surface area contributed by atoms with Crippen molar-refractivity contribution in [2.75, 3.05) is 10.8 Å². The van der Waals surface area contributed by atoms with Crippen LogP contribution in [0.4, 0.5) is 5.69 Å². The van der Waals surface area contributed by atoms with Crippen LogP contribution in [-0.2, 0) is 16.1 Å². The van der Waals surface area contributed by atoms with E-state index in [0.717, 1.165) is 15.8 Å². The molecule has 0 saturated carbocycles. The lowest BCUT2D eigenvalue weighted by Gasteiger charge is -2.27. The van der Waals surface area contributed by atoms with Gasteiger partial charge in [-0.05, 0) is 80.1 Å². The van der Waals surface area contributed by atoms with Crippen LogP contribution in [-0.4, -0.2) is 24.0 Å². The molecule has 0 saturated heterocycles. The fourth-order valence-corrected chi connectivity index (χ4v) is 5.83. The molecule has 0 aliphatic heterocycles. The van der Waals surface area contributed by atoms with Crippen LogP contribution < -0.4 is 9.62 Å². The second kappa shape index (κ2) is 12.6. The number of hydrogen-bond donors (Lipinski definition) is 1. The standard InChI is InChI=1S/C31H27Cl2N3O3S/c1-31(2,3)39-29(37)19-36(40-24-15-22(32)14-23(33)16-24)28-13-7-10-25-26(28)11-6-12-27(25)30(38)35-18-21-9-5-4-8-20(21)17-34/h4-16H,18-19H2,1-3H3,(H,35,38). The molecule has 0 atom stereocenters. The molecule has 0 unspecified atom stereocenters. The van der Waals surface area contributed by atoms with Crippen LogP contribution in [0.15, 0.2) is 83.8 Å². The zero-order chi connectivity index (χ0) is 28.9. The first kappa shape index (κ1) is 29.3. The van der Waals surface area contributed by atoms with Crippen LogP contribution in [0.3, 0.4) is 0 Å². The summed E-state index contributed by atoms with van der Waals surface area (Å²) in [7, 11) is 0. The number of rotatable bonds is 8. The zero-order valence-corrected chi connectivity index (χ0v) is 24.5. The summed E-state index contributed by atoms with van der Waals surface area (Å²) >= 11 is 13.8. The topological polar surface area (TPSA) is 82.4 Å². The monoisotopic (exact) mass is 591 g/mol. The number of nitriles is 1. The van der Waals surface area contributed by atoms with E-state index in [2.05, 4.69) is 11.4 Å². The van der Waals surface area contributed by atoms with Crippen molar-refractivity contribution in [1.29, 1.82) is 5.26 Å². The quantitative estimate of drug-likeness (QED) is 0.166. The number of hydrogen-bond acceptors (Lipinski definition) is 6. The molecular formula is C31H27Cl2N3O3S. The summed E-state index contributed by atoms with van der Waals surface area (Å²) in [6.07, 6.45) is 0. The normalized spacial score (nSPS) is 11.1. The molecule has 9 heteroatoms. The number of ether oxygens (including phenoxy) is 1. The Bertz CT molecular complexity index is 1590. The lowest BCUT2D eigenvalue weighted by atomic mass is 10.0. The molecule has 0 heterocycles. The molecule has 4 aromatic carbocycles. The molecule has 4 rings (SSSR count). The van der Waals surface area contributed by atoms with Gasteiger partial charge in [0.25, 0.3) is 5.91 Å². The minimum Gasteiger partial charge on any atom is -0.459 e. The molecule has 6 nitrogen and oxygen atoms in total. The van der Waals surface area contributed by atoms with E-state index in [-0.39, 0.29) is 19.0 Å². The first-order valence-electron chi connectivity index (χ1n) is 12.5. The maximum atomic E-state index is 13.3. The zero-order valence-electron chi connectivity index (χ0n) is 22.2. The first-order valence-corrected chi connectivity index (χ1v) is 14.0. The molecule has 0 aromatic heterocycles. The van der Waals surface area contributed by atoms with Gasteiger partial charge in [0.05, 0.1) is 17.3 Å². The van der Waals surface area contributed by atoms with Gasteiger partial charge in [-0.3, -0.25) is 9.59 Å². The summed E-state index contributed by atoms with van der Waals surface area (Å²) in [5, 5.41) is 14.7. The molecule has 4 aromatic rings. The van der Waals surface area contributed by atoms with Crippen molar-refractivity contribution in [3.05, 3.63) is 106 Å². The Balaban J connectivity index is 1.69. The summed E-state index contributed by atoms with van der Waals surface area (Å²) in [4.78, 5) is 27.0. The van der Waals surface area contributed by atoms with E-state index in [9.17, 15) is 14.9 Å². The molecular weight excluding hydrogens is 565 g/mol. The highest BCUT2D eigenvalue weighted by atomic mass is 35.5. The summed E-state index contributed by atoms with van der Waals surface area (Å²) in [6.45, 7) is 5.60. The average molecular weight is 593 g/mol. The van der Waals surface area contributed by atoms with Gasteiger partial charge in [0, 0.05) is 32.4 Å². The molecule has 0 fully saturated rings. The highest BCUT2D eigenvalue weighted by molar-refractivity contribution is 8.00. The van der Waals surface area contributed by atoms with Crippen molar-refractivity contribution >= 4 is 63.5 Å². The number of amides is 1. The van der Waals surface area contributed by atoms with Gasteiger partial charge in [0.2, 0.25) is 0 Å². The van der Waals surface area contributed by atoms with E-state index in [1.165, 1.54) is 11.9 Å². The smallest absolute Gasteiger partial charge is 0.327 e. The Labute approximate surface area is 248 Å². The lowest BCUT2D eigenvalue weighted by molar-refractivity contribution is -0.152. The number of esters is 1. The van der Waals surface area contributed by atoms with Crippen LogP contribution in [0.1, 0.15) is 42.3 Å². The van der Waals surface area contributed by atoms with Crippen LogP contribution in [0.2, 0.25) is 10.0 Å². The van der Waals surface area contributed by atoms with E-state index >= 15 is 0 Å². The molecule has 1 amide bonds. The van der Waals surface area contributed by atoms with Crippen molar-refractivity contribution in [2.45, 2.75) is 37.8 Å². The van der Waals surface area contributed by atoms with Crippen LogP contribution in [0.5, 0.6) is 0 Å². The number of benzene rings is 4. The third-order valence-electron chi connectivity index (χ3n) is 5.73. The Kier molecular flexibility index (Phi) is 9.26. The number of carbonyl (C=O) groups is 2. The molecule has 204 valence electrons. The predicted octanol–water partition coefficient (Wildman–Crippen LogP) is 7.80. The second-order valence-corrected chi connectivity index (χ2v) is 11.9. The van der Waals surface area contributed by atoms with Crippen LogP contribution in [0, 0.1) is 11.3 Å². The molecule has 1 N–H and O–H groups in total. The summed E-state index contributed by atoms with van der Waals surface area (Å²) in [6, 6.07) is 25.5. The Morgan fingerprint density at radius 3 is 2.33 bits per heavy atom. The third-order valence-corrected chi connectivity index (χ3v) is 7.16. The molecule has 0 bridgehead atoms. The SMILES string of the molecule is CC(C)(C)OC(=O)CN(Sc1cc(Cl)cc(Cl)c1)c1cccc2c(C(=O)NCc3ccccc3C#N)cccc12. The molecule has 0 spiro atoms. The van der Waals surface area contributed by atoms with E-state index in [0.29, 0.717) is 32.2 Å². The maximum absolute atomic E-state index is 13.3. The molecule has 40 heavy (non-hydrogen) atoms. The van der Waals surface area contributed by atoms with Crippen molar-refractivity contribution < 1.29 is 14.3 Å². The first-order chi connectivity index (χ1) is 19.0. The Morgan fingerprint density at radius 1 is 0.950 bits per heavy atom. The highest BCUT2D eigenvalue weighted by Gasteiger charge is 2.23. The molecule has 0 aliphatic rings. The number of carbonyl (C=O) groups excluding carboxylic acids is 2. The fraction of sp³-hybridized carbons (Fsp3) is 0.194. The van der Waals surface area contributed by atoms with Gasteiger partial charge < -0.3 is 14.4 Å². The minimum absolute atomic E-state index is 0.0629. The van der Waals surface area contributed by atoms with Crippen LogP contribution >= 0.6 is 35.1 Å². The summed E-state index contributed by atoms with van der Waals surface area (Å²) in [5.74, 6) is -0.682. The lowest BCUT2D eigenvalue weighted by Crippen LogP contribution is -2.31. The Morgan fingerprint density at radius 2 is 1.62 bits per heavy atom. The second-order valence-electron chi connectivity index (χ2n) is 9.95. The van der Waals surface area contributed by atoms with Crippen LogP contribution in [0.25, 0.3) is 10.8 Å². The number of nitrogens with one attached hydrogen (secondary N) is 1. The largest absolute Gasteiger partial charge is 0.459 e. The van der Waals surface area contributed by atoms with Gasteiger partial charge in [0.15, 0.2) is 0 Å². The van der Waals surface area contributed by atoms with Gasteiger partial charge in [-0.1, -0.05) is 65.7 Å².